The van der Waals surface area contributed by atoms with E-state index in [9.17, 15) is 4.79 Å². The molecule has 0 N–H and O–H groups in total. The maximum absolute atomic E-state index is 12.9. The molecule has 0 radical (unpaired) electrons. The molecular formula is C19H23N3O2. The Morgan fingerprint density at radius 2 is 2.17 bits per heavy atom. The van der Waals surface area contributed by atoms with Gasteiger partial charge in [0.2, 0.25) is 5.91 Å². The minimum atomic E-state index is 0.150. The maximum Gasteiger partial charge on any atom is 0.226 e. The van der Waals surface area contributed by atoms with E-state index in [0.717, 1.165) is 38.1 Å². The Hall–Kier alpha value is -2.30. The van der Waals surface area contributed by atoms with Gasteiger partial charge in [-0.2, -0.15) is 5.10 Å². The van der Waals surface area contributed by atoms with Gasteiger partial charge in [0.1, 0.15) is 5.75 Å². The maximum atomic E-state index is 12.9. The van der Waals surface area contributed by atoms with Crippen LogP contribution in [0.3, 0.4) is 0 Å². The Bertz CT molecular complexity index is 696. The van der Waals surface area contributed by atoms with Crippen LogP contribution in [0, 0.1) is 5.92 Å². The predicted octanol–water partition coefficient (Wildman–Crippen LogP) is 2.69. The van der Waals surface area contributed by atoms with Crippen molar-refractivity contribution in [1.29, 1.82) is 0 Å². The smallest absolute Gasteiger partial charge is 0.226 e. The molecule has 1 amide bonds. The number of ether oxygens (including phenoxy) is 1. The molecule has 126 valence electrons. The van der Waals surface area contributed by atoms with Crippen molar-refractivity contribution in [2.24, 2.45) is 5.92 Å². The fraction of sp³-hybridized carbons (Fsp3) is 0.474. The Morgan fingerprint density at radius 3 is 2.88 bits per heavy atom. The molecule has 1 aromatic heterocycles. The molecule has 5 nitrogen and oxygen atoms in total. The lowest BCUT2D eigenvalue weighted by Gasteiger charge is -2.25. The fourth-order valence-electron chi connectivity index (χ4n) is 3.84. The molecule has 0 unspecified atom stereocenters. The lowest BCUT2D eigenvalue weighted by atomic mass is 10.1. The van der Waals surface area contributed by atoms with Gasteiger partial charge in [-0.3, -0.25) is 9.48 Å². The van der Waals surface area contributed by atoms with Crippen LogP contribution in [0.25, 0.3) is 0 Å². The normalized spacial score (nSPS) is 25.7. The number of aromatic nitrogens is 2. The van der Waals surface area contributed by atoms with E-state index < -0.39 is 0 Å². The van der Waals surface area contributed by atoms with Gasteiger partial charge in [-0.05, 0) is 48.9 Å². The topological polar surface area (TPSA) is 47.4 Å². The largest absolute Gasteiger partial charge is 0.497 e. The van der Waals surface area contributed by atoms with E-state index >= 15 is 0 Å². The van der Waals surface area contributed by atoms with Crippen LogP contribution >= 0.6 is 0 Å². The average molecular weight is 325 g/mol. The molecule has 24 heavy (non-hydrogen) atoms. The number of hydrogen-bond acceptors (Lipinski definition) is 3. The molecule has 2 aromatic rings. The molecule has 1 saturated heterocycles. The number of amides is 1. The lowest BCUT2D eigenvalue weighted by molar-refractivity contribution is -0.133. The van der Waals surface area contributed by atoms with Crippen LogP contribution in [0.2, 0.25) is 0 Å². The van der Waals surface area contributed by atoms with Gasteiger partial charge in [-0.1, -0.05) is 12.1 Å². The van der Waals surface area contributed by atoms with E-state index in [1.54, 1.807) is 13.3 Å². The summed E-state index contributed by atoms with van der Waals surface area (Å²) in [5.41, 5.74) is 1.25. The van der Waals surface area contributed by atoms with Crippen LogP contribution in [-0.4, -0.2) is 40.3 Å². The average Bonchev–Trinajstić information content (AvgIpc) is 3.01. The van der Waals surface area contributed by atoms with Crippen molar-refractivity contribution in [1.82, 2.24) is 14.7 Å². The minimum absolute atomic E-state index is 0.150. The molecule has 2 aliphatic rings. The highest BCUT2D eigenvalue weighted by Gasteiger charge is 2.47. The zero-order valence-corrected chi connectivity index (χ0v) is 14.0. The molecule has 2 heterocycles. The van der Waals surface area contributed by atoms with Gasteiger partial charge in [0.15, 0.2) is 0 Å². The van der Waals surface area contributed by atoms with E-state index in [2.05, 4.69) is 22.1 Å². The lowest BCUT2D eigenvalue weighted by Crippen LogP contribution is -2.39. The quantitative estimate of drug-likeness (QED) is 0.849. The molecular weight excluding hydrogens is 302 g/mol. The number of carbonyl (C=O) groups excluding carboxylic acids is 1. The Balaban J connectivity index is 1.40. The molecule has 4 rings (SSSR count). The highest BCUT2D eigenvalue weighted by Crippen LogP contribution is 2.49. The summed E-state index contributed by atoms with van der Waals surface area (Å²) in [4.78, 5) is 15.0. The number of methoxy groups -OCH3 is 1. The number of carbonyl (C=O) groups is 1. The van der Waals surface area contributed by atoms with Crippen LogP contribution in [0.1, 0.15) is 30.7 Å². The van der Waals surface area contributed by atoms with Crippen molar-refractivity contribution in [3.8, 4) is 5.75 Å². The minimum Gasteiger partial charge on any atom is -0.497 e. The fourth-order valence-corrected chi connectivity index (χ4v) is 3.84. The van der Waals surface area contributed by atoms with Crippen molar-refractivity contribution < 1.29 is 9.53 Å². The molecule has 1 aliphatic heterocycles. The van der Waals surface area contributed by atoms with E-state index in [-0.39, 0.29) is 12.0 Å². The zero-order valence-electron chi connectivity index (χ0n) is 14.0. The molecule has 2 fully saturated rings. The van der Waals surface area contributed by atoms with Gasteiger partial charge in [0.25, 0.3) is 0 Å². The summed E-state index contributed by atoms with van der Waals surface area (Å²) in [6.07, 6.45) is 6.90. The Morgan fingerprint density at radius 1 is 1.33 bits per heavy atom. The number of rotatable bonds is 5. The molecule has 1 saturated carbocycles. The monoisotopic (exact) mass is 325 g/mol. The zero-order chi connectivity index (χ0) is 16.5. The van der Waals surface area contributed by atoms with Gasteiger partial charge < -0.3 is 9.64 Å². The standard InChI is InChI=1S/C19H23N3O2/c1-24-16-7-5-14(6-8-16)17-12-18(17)19(23)22-11-2-4-15(22)13-21-10-3-9-20-21/h3,5-10,15,17-18H,2,4,11-13H2,1H3/t15-,17-,18-/m0/s1. The molecule has 3 atom stereocenters. The third-order valence-electron chi connectivity index (χ3n) is 5.27. The molecule has 5 heteroatoms. The molecule has 0 spiro atoms. The summed E-state index contributed by atoms with van der Waals surface area (Å²) >= 11 is 0. The first-order valence-electron chi connectivity index (χ1n) is 8.68. The second-order valence-corrected chi connectivity index (χ2v) is 6.78. The Labute approximate surface area is 142 Å². The summed E-state index contributed by atoms with van der Waals surface area (Å²) in [6, 6.07) is 10.3. The van der Waals surface area contributed by atoms with Crippen LogP contribution in [0.15, 0.2) is 42.7 Å². The van der Waals surface area contributed by atoms with E-state index in [1.165, 1.54) is 5.56 Å². The number of likely N-dealkylation sites (tertiary alicyclic amines) is 1. The van der Waals surface area contributed by atoms with E-state index in [1.807, 2.05) is 29.1 Å². The molecule has 1 aliphatic carbocycles. The van der Waals surface area contributed by atoms with E-state index in [4.69, 9.17) is 4.74 Å². The summed E-state index contributed by atoms with van der Waals surface area (Å²) in [5.74, 6) is 1.71. The summed E-state index contributed by atoms with van der Waals surface area (Å²) in [7, 11) is 1.67. The summed E-state index contributed by atoms with van der Waals surface area (Å²) in [5, 5.41) is 4.28. The Kier molecular flexibility index (Phi) is 4.00. The number of benzene rings is 1. The van der Waals surface area contributed by atoms with Gasteiger partial charge in [-0.25, -0.2) is 0 Å². The SMILES string of the molecule is COc1ccc([C@@H]2C[C@@H]2C(=O)N2CCC[C@H]2Cn2cccn2)cc1. The van der Waals surface area contributed by atoms with Crippen molar-refractivity contribution in [2.45, 2.75) is 37.8 Å². The second-order valence-electron chi connectivity index (χ2n) is 6.78. The van der Waals surface area contributed by atoms with Gasteiger partial charge >= 0.3 is 0 Å². The van der Waals surface area contributed by atoms with Crippen LogP contribution in [0.5, 0.6) is 5.75 Å². The molecule has 0 bridgehead atoms. The van der Waals surface area contributed by atoms with Gasteiger partial charge in [0.05, 0.1) is 19.7 Å². The number of nitrogens with zero attached hydrogens (tertiary/aromatic N) is 3. The van der Waals surface area contributed by atoms with Crippen LogP contribution in [-0.2, 0) is 11.3 Å². The summed E-state index contributed by atoms with van der Waals surface area (Å²) in [6.45, 7) is 1.69. The van der Waals surface area contributed by atoms with Crippen molar-refractivity contribution in [3.05, 3.63) is 48.3 Å². The predicted molar refractivity (Wildman–Crippen MR) is 90.8 cm³/mol. The number of hydrogen-bond donors (Lipinski definition) is 0. The molecule has 1 aromatic carbocycles. The first-order chi connectivity index (χ1) is 11.8. The van der Waals surface area contributed by atoms with Gasteiger partial charge in [-0.15, -0.1) is 0 Å². The third-order valence-corrected chi connectivity index (χ3v) is 5.27. The van der Waals surface area contributed by atoms with E-state index in [0.29, 0.717) is 11.8 Å². The highest BCUT2D eigenvalue weighted by molar-refractivity contribution is 5.83. The van der Waals surface area contributed by atoms with Crippen LogP contribution in [0.4, 0.5) is 0 Å². The van der Waals surface area contributed by atoms with Crippen molar-refractivity contribution in [3.63, 3.8) is 0 Å². The van der Waals surface area contributed by atoms with Crippen LogP contribution < -0.4 is 4.74 Å². The second kappa shape index (κ2) is 6.30. The highest BCUT2D eigenvalue weighted by atomic mass is 16.5. The first kappa shape index (κ1) is 15.2. The van der Waals surface area contributed by atoms with Crippen molar-refractivity contribution >= 4 is 5.91 Å². The first-order valence-corrected chi connectivity index (χ1v) is 8.68. The third kappa shape index (κ3) is 2.90. The van der Waals surface area contributed by atoms with Gasteiger partial charge in [0, 0.05) is 24.9 Å². The summed E-state index contributed by atoms with van der Waals surface area (Å²) < 4.78 is 7.14. The van der Waals surface area contributed by atoms with Crippen molar-refractivity contribution in [2.75, 3.05) is 13.7 Å².